The Morgan fingerprint density at radius 1 is 1.06 bits per heavy atom. The van der Waals surface area contributed by atoms with Crippen LogP contribution in [0.4, 0.5) is 13.2 Å². The second kappa shape index (κ2) is 6.64. The summed E-state index contributed by atoms with van der Waals surface area (Å²) in [6.07, 6.45) is 2.31. The Bertz CT molecular complexity index is 343. The number of hydrogen-bond acceptors (Lipinski definition) is 1. The molecule has 0 aliphatic carbocycles. The number of rotatable bonds is 6. The summed E-state index contributed by atoms with van der Waals surface area (Å²) in [4.78, 5) is 0. The third-order valence-electron chi connectivity index (χ3n) is 2.61. The molecule has 1 aromatic rings. The fraction of sp³-hybridized carbons (Fsp3) is 0.538. The van der Waals surface area contributed by atoms with Crippen molar-refractivity contribution in [2.24, 2.45) is 0 Å². The lowest BCUT2D eigenvalue weighted by Crippen LogP contribution is -2.24. The Morgan fingerprint density at radius 2 is 1.65 bits per heavy atom. The lowest BCUT2D eigenvalue weighted by molar-refractivity contribution is 0.436. The summed E-state index contributed by atoms with van der Waals surface area (Å²) in [6.45, 7) is 4.61. The topological polar surface area (TPSA) is 12.0 Å². The van der Waals surface area contributed by atoms with E-state index in [-0.39, 0.29) is 11.6 Å². The molecule has 1 atom stereocenters. The van der Waals surface area contributed by atoms with E-state index < -0.39 is 17.5 Å². The SMILES string of the molecule is CCCNC(CCC)c1c(F)cc(F)cc1F. The minimum atomic E-state index is -0.880. The fourth-order valence-corrected chi connectivity index (χ4v) is 1.84. The van der Waals surface area contributed by atoms with Crippen LogP contribution in [-0.2, 0) is 0 Å². The van der Waals surface area contributed by atoms with Gasteiger partial charge in [0.25, 0.3) is 0 Å². The molecular weight excluding hydrogens is 227 g/mol. The molecule has 0 amide bonds. The normalized spacial score (nSPS) is 12.8. The smallest absolute Gasteiger partial charge is 0.133 e. The van der Waals surface area contributed by atoms with Crippen molar-refractivity contribution in [1.29, 1.82) is 0 Å². The molecule has 0 radical (unpaired) electrons. The predicted molar refractivity (Wildman–Crippen MR) is 62.3 cm³/mol. The highest BCUT2D eigenvalue weighted by Gasteiger charge is 2.20. The third-order valence-corrected chi connectivity index (χ3v) is 2.61. The molecule has 0 bridgehead atoms. The average molecular weight is 245 g/mol. The molecule has 0 fully saturated rings. The summed E-state index contributed by atoms with van der Waals surface area (Å²) in [7, 11) is 0. The van der Waals surface area contributed by atoms with Gasteiger partial charge >= 0.3 is 0 Å². The van der Waals surface area contributed by atoms with Gasteiger partial charge in [0.1, 0.15) is 17.5 Å². The van der Waals surface area contributed by atoms with Crippen molar-refractivity contribution in [1.82, 2.24) is 5.32 Å². The van der Waals surface area contributed by atoms with E-state index in [1.54, 1.807) is 0 Å². The quantitative estimate of drug-likeness (QED) is 0.800. The molecule has 96 valence electrons. The lowest BCUT2D eigenvalue weighted by Gasteiger charge is -2.19. The summed E-state index contributed by atoms with van der Waals surface area (Å²) in [5, 5.41) is 3.09. The highest BCUT2D eigenvalue weighted by Crippen LogP contribution is 2.25. The summed E-state index contributed by atoms with van der Waals surface area (Å²) in [5.74, 6) is -2.51. The fourth-order valence-electron chi connectivity index (χ4n) is 1.84. The van der Waals surface area contributed by atoms with E-state index in [2.05, 4.69) is 5.32 Å². The maximum atomic E-state index is 13.6. The van der Waals surface area contributed by atoms with Crippen LogP contribution in [0.5, 0.6) is 0 Å². The van der Waals surface area contributed by atoms with Gasteiger partial charge in [-0.25, -0.2) is 13.2 Å². The first-order valence-corrected chi connectivity index (χ1v) is 5.98. The first-order chi connectivity index (χ1) is 8.10. The van der Waals surface area contributed by atoms with Crippen molar-refractivity contribution in [2.45, 2.75) is 39.2 Å². The van der Waals surface area contributed by atoms with Crippen LogP contribution in [0.2, 0.25) is 0 Å². The molecule has 1 nitrogen and oxygen atoms in total. The molecule has 0 spiro atoms. The van der Waals surface area contributed by atoms with E-state index >= 15 is 0 Å². The Balaban J connectivity index is 3.00. The van der Waals surface area contributed by atoms with Crippen LogP contribution in [0.15, 0.2) is 12.1 Å². The molecule has 4 heteroatoms. The van der Waals surface area contributed by atoms with Gasteiger partial charge in [0.15, 0.2) is 0 Å². The molecule has 0 heterocycles. The highest BCUT2D eigenvalue weighted by atomic mass is 19.1. The van der Waals surface area contributed by atoms with Gasteiger partial charge in [0.2, 0.25) is 0 Å². The van der Waals surface area contributed by atoms with E-state index in [4.69, 9.17) is 0 Å². The van der Waals surface area contributed by atoms with Crippen molar-refractivity contribution in [3.05, 3.63) is 35.1 Å². The van der Waals surface area contributed by atoms with Gasteiger partial charge in [-0.1, -0.05) is 20.3 Å². The van der Waals surface area contributed by atoms with Crippen LogP contribution in [0, 0.1) is 17.5 Å². The number of halogens is 3. The highest BCUT2D eigenvalue weighted by molar-refractivity contribution is 5.24. The largest absolute Gasteiger partial charge is 0.310 e. The van der Waals surface area contributed by atoms with Crippen LogP contribution in [0.1, 0.15) is 44.7 Å². The molecule has 0 aliphatic heterocycles. The molecule has 0 saturated heterocycles. The van der Waals surface area contributed by atoms with E-state index in [9.17, 15) is 13.2 Å². The zero-order valence-corrected chi connectivity index (χ0v) is 10.2. The Morgan fingerprint density at radius 3 is 2.12 bits per heavy atom. The molecule has 1 unspecified atom stereocenters. The second-order valence-corrected chi connectivity index (χ2v) is 4.08. The first kappa shape index (κ1) is 14.0. The van der Waals surface area contributed by atoms with Gasteiger partial charge < -0.3 is 5.32 Å². The van der Waals surface area contributed by atoms with Crippen molar-refractivity contribution in [2.75, 3.05) is 6.54 Å². The van der Waals surface area contributed by atoms with Gasteiger partial charge in [-0.15, -0.1) is 0 Å². The lowest BCUT2D eigenvalue weighted by atomic mass is 10.0. The summed E-state index contributed by atoms with van der Waals surface area (Å²) in [6, 6.07) is 1.07. The minimum absolute atomic E-state index is 0.0540. The molecule has 17 heavy (non-hydrogen) atoms. The minimum Gasteiger partial charge on any atom is -0.310 e. The van der Waals surface area contributed by atoms with E-state index in [0.29, 0.717) is 13.0 Å². The van der Waals surface area contributed by atoms with Crippen LogP contribution in [0.25, 0.3) is 0 Å². The van der Waals surface area contributed by atoms with E-state index in [0.717, 1.165) is 25.0 Å². The second-order valence-electron chi connectivity index (χ2n) is 4.08. The number of hydrogen-bond donors (Lipinski definition) is 1. The monoisotopic (exact) mass is 245 g/mol. The Kier molecular flexibility index (Phi) is 5.48. The summed E-state index contributed by atoms with van der Waals surface area (Å²) >= 11 is 0. The average Bonchev–Trinajstić information content (AvgIpc) is 2.24. The zero-order valence-electron chi connectivity index (χ0n) is 10.2. The zero-order chi connectivity index (χ0) is 12.8. The van der Waals surface area contributed by atoms with Crippen molar-refractivity contribution < 1.29 is 13.2 Å². The van der Waals surface area contributed by atoms with Crippen molar-refractivity contribution in [3.8, 4) is 0 Å². The van der Waals surface area contributed by atoms with Gasteiger partial charge in [0, 0.05) is 23.7 Å². The maximum Gasteiger partial charge on any atom is 0.133 e. The van der Waals surface area contributed by atoms with E-state index in [1.165, 1.54) is 0 Å². The van der Waals surface area contributed by atoms with Crippen LogP contribution < -0.4 is 5.32 Å². The number of nitrogens with one attached hydrogen (secondary N) is 1. The van der Waals surface area contributed by atoms with Crippen molar-refractivity contribution >= 4 is 0 Å². The van der Waals surface area contributed by atoms with Gasteiger partial charge in [-0.3, -0.25) is 0 Å². The Hall–Kier alpha value is -1.03. The molecule has 1 N–H and O–H groups in total. The van der Waals surface area contributed by atoms with Crippen LogP contribution in [0.3, 0.4) is 0 Å². The number of benzene rings is 1. The predicted octanol–water partition coefficient (Wildman–Crippen LogP) is 3.94. The van der Waals surface area contributed by atoms with Crippen LogP contribution in [-0.4, -0.2) is 6.54 Å². The van der Waals surface area contributed by atoms with Gasteiger partial charge in [-0.2, -0.15) is 0 Å². The molecule has 0 aliphatic rings. The molecule has 0 aromatic heterocycles. The van der Waals surface area contributed by atoms with E-state index in [1.807, 2.05) is 13.8 Å². The molecule has 0 saturated carbocycles. The summed E-state index contributed by atoms with van der Waals surface area (Å²) in [5.41, 5.74) is -0.0540. The third kappa shape index (κ3) is 3.73. The van der Waals surface area contributed by atoms with Crippen LogP contribution >= 0.6 is 0 Å². The maximum absolute atomic E-state index is 13.6. The molecule has 1 aromatic carbocycles. The summed E-state index contributed by atoms with van der Waals surface area (Å²) < 4.78 is 40.0. The standard InChI is InChI=1S/C13H18F3N/c1-3-5-12(17-6-4-2)13-10(15)7-9(14)8-11(13)16/h7-8,12,17H,3-6H2,1-2H3. The van der Waals surface area contributed by atoms with Gasteiger partial charge in [0.05, 0.1) is 0 Å². The van der Waals surface area contributed by atoms with Gasteiger partial charge in [-0.05, 0) is 19.4 Å². The van der Waals surface area contributed by atoms with Crippen molar-refractivity contribution in [3.63, 3.8) is 0 Å². The molecule has 1 rings (SSSR count). The molecular formula is C13H18F3N. The first-order valence-electron chi connectivity index (χ1n) is 5.98. The Labute approximate surface area is 100 Å².